The van der Waals surface area contributed by atoms with Crippen molar-refractivity contribution in [2.75, 3.05) is 6.54 Å². The standard InChI is InChI=1S/C10H20N2O/c1-4-8(3)11-6-10(13)12-9-5-7(9)2/h7-9,11H,4-6H2,1-3H3,(H,12,13). The first-order valence-electron chi connectivity index (χ1n) is 5.16. The number of hydrogen-bond donors (Lipinski definition) is 2. The predicted octanol–water partition coefficient (Wildman–Crippen LogP) is 0.899. The Hall–Kier alpha value is -0.570. The summed E-state index contributed by atoms with van der Waals surface area (Å²) < 4.78 is 0. The molecule has 0 bridgehead atoms. The molecule has 1 saturated carbocycles. The van der Waals surface area contributed by atoms with Crippen LogP contribution in [-0.4, -0.2) is 24.5 Å². The van der Waals surface area contributed by atoms with Gasteiger partial charge in [-0.15, -0.1) is 0 Å². The van der Waals surface area contributed by atoms with E-state index in [1.807, 2.05) is 0 Å². The van der Waals surface area contributed by atoms with E-state index in [2.05, 4.69) is 31.4 Å². The molecule has 0 heterocycles. The van der Waals surface area contributed by atoms with Crippen LogP contribution in [-0.2, 0) is 4.79 Å². The second-order valence-electron chi connectivity index (χ2n) is 4.08. The number of carbonyl (C=O) groups is 1. The van der Waals surface area contributed by atoms with Crippen LogP contribution in [0.4, 0.5) is 0 Å². The van der Waals surface area contributed by atoms with Crippen LogP contribution < -0.4 is 10.6 Å². The minimum atomic E-state index is 0.134. The molecule has 1 aliphatic rings. The van der Waals surface area contributed by atoms with Gasteiger partial charge in [-0.25, -0.2) is 0 Å². The van der Waals surface area contributed by atoms with Crippen molar-refractivity contribution in [3.8, 4) is 0 Å². The largest absolute Gasteiger partial charge is 0.352 e. The second kappa shape index (κ2) is 4.61. The fourth-order valence-electron chi connectivity index (χ4n) is 1.19. The molecule has 0 spiro atoms. The van der Waals surface area contributed by atoms with Crippen LogP contribution in [0.15, 0.2) is 0 Å². The number of rotatable bonds is 5. The molecule has 13 heavy (non-hydrogen) atoms. The van der Waals surface area contributed by atoms with E-state index in [9.17, 15) is 4.79 Å². The summed E-state index contributed by atoms with van der Waals surface area (Å²) in [6, 6.07) is 0.883. The summed E-state index contributed by atoms with van der Waals surface area (Å²) >= 11 is 0. The monoisotopic (exact) mass is 184 g/mol. The van der Waals surface area contributed by atoms with Gasteiger partial charge in [-0.2, -0.15) is 0 Å². The van der Waals surface area contributed by atoms with E-state index in [0.29, 0.717) is 24.5 Å². The lowest BCUT2D eigenvalue weighted by Gasteiger charge is -2.10. The highest BCUT2D eigenvalue weighted by Gasteiger charge is 2.33. The molecule has 2 N–H and O–H groups in total. The molecule has 1 fully saturated rings. The van der Waals surface area contributed by atoms with Crippen LogP contribution in [0.5, 0.6) is 0 Å². The highest BCUT2D eigenvalue weighted by molar-refractivity contribution is 5.78. The van der Waals surface area contributed by atoms with Crippen LogP contribution in [0, 0.1) is 5.92 Å². The SMILES string of the molecule is CCC(C)NCC(=O)NC1CC1C. The van der Waals surface area contributed by atoms with Crippen molar-refractivity contribution >= 4 is 5.91 Å². The minimum Gasteiger partial charge on any atom is -0.352 e. The molecule has 1 aliphatic carbocycles. The Labute approximate surface area is 80.3 Å². The first kappa shape index (κ1) is 10.5. The average molecular weight is 184 g/mol. The van der Waals surface area contributed by atoms with Crippen molar-refractivity contribution in [2.45, 2.75) is 45.7 Å². The van der Waals surface area contributed by atoms with Gasteiger partial charge in [0.05, 0.1) is 6.54 Å². The molecule has 1 amide bonds. The van der Waals surface area contributed by atoms with Gasteiger partial charge in [-0.1, -0.05) is 13.8 Å². The number of nitrogens with one attached hydrogen (secondary N) is 2. The smallest absolute Gasteiger partial charge is 0.234 e. The molecule has 3 heteroatoms. The van der Waals surface area contributed by atoms with Crippen molar-refractivity contribution in [1.29, 1.82) is 0 Å². The summed E-state index contributed by atoms with van der Waals surface area (Å²) in [5, 5.41) is 6.15. The summed E-state index contributed by atoms with van der Waals surface area (Å²) in [5.41, 5.74) is 0. The molecule has 3 atom stereocenters. The fraction of sp³-hybridized carbons (Fsp3) is 0.900. The lowest BCUT2D eigenvalue weighted by molar-refractivity contribution is -0.120. The number of carbonyl (C=O) groups excluding carboxylic acids is 1. The Morgan fingerprint density at radius 2 is 2.23 bits per heavy atom. The van der Waals surface area contributed by atoms with Gasteiger partial charge in [0.25, 0.3) is 0 Å². The molecular formula is C10H20N2O. The van der Waals surface area contributed by atoms with E-state index in [0.717, 1.165) is 12.8 Å². The van der Waals surface area contributed by atoms with Gasteiger partial charge in [0.1, 0.15) is 0 Å². The third-order valence-electron chi connectivity index (χ3n) is 2.68. The second-order valence-corrected chi connectivity index (χ2v) is 4.08. The highest BCUT2D eigenvalue weighted by Crippen LogP contribution is 2.28. The van der Waals surface area contributed by atoms with Crippen LogP contribution in [0.25, 0.3) is 0 Å². The maximum atomic E-state index is 11.3. The Balaban J connectivity index is 2.04. The maximum Gasteiger partial charge on any atom is 0.234 e. The Bertz CT molecular complexity index is 182. The Morgan fingerprint density at radius 1 is 1.62 bits per heavy atom. The molecule has 0 aliphatic heterocycles. The molecule has 0 aromatic heterocycles. The van der Waals surface area contributed by atoms with E-state index >= 15 is 0 Å². The van der Waals surface area contributed by atoms with E-state index in [-0.39, 0.29) is 5.91 Å². The summed E-state index contributed by atoms with van der Waals surface area (Å²) in [4.78, 5) is 11.3. The Morgan fingerprint density at radius 3 is 2.69 bits per heavy atom. The molecule has 0 saturated heterocycles. The quantitative estimate of drug-likeness (QED) is 0.666. The van der Waals surface area contributed by atoms with E-state index in [1.165, 1.54) is 0 Å². The molecule has 3 unspecified atom stereocenters. The van der Waals surface area contributed by atoms with Crippen LogP contribution in [0.3, 0.4) is 0 Å². The minimum absolute atomic E-state index is 0.134. The van der Waals surface area contributed by atoms with Gasteiger partial charge in [-0.05, 0) is 25.7 Å². The molecule has 3 nitrogen and oxygen atoms in total. The van der Waals surface area contributed by atoms with Gasteiger partial charge in [-0.3, -0.25) is 4.79 Å². The molecule has 0 aromatic carbocycles. The Kier molecular flexibility index (Phi) is 3.72. The van der Waals surface area contributed by atoms with Crippen molar-refractivity contribution in [1.82, 2.24) is 10.6 Å². The normalized spacial score (nSPS) is 28.2. The van der Waals surface area contributed by atoms with Gasteiger partial charge < -0.3 is 10.6 Å². The lowest BCUT2D eigenvalue weighted by Crippen LogP contribution is -2.38. The number of hydrogen-bond acceptors (Lipinski definition) is 2. The van der Waals surface area contributed by atoms with E-state index in [1.54, 1.807) is 0 Å². The summed E-state index contributed by atoms with van der Waals surface area (Å²) in [7, 11) is 0. The van der Waals surface area contributed by atoms with E-state index < -0.39 is 0 Å². The highest BCUT2D eigenvalue weighted by atomic mass is 16.2. The zero-order valence-electron chi connectivity index (χ0n) is 8.76. The summed E-state index contributed by atoms with van der Waals surface area (Å²) in [6.07, 6.45) is 2.21. The molecule has 76 valence electrons. The topological polar surface area (TPSA) is 41.1 Å². The molecule has 0 radical (unpaired) electrons. The first-order valence-corrected chi connectivity index (χ1v) is 5.16. The van der Waals surface area contributed by atoms with Crippen molar-refractivity contribution in [2.24, 2.45) is 5.92 Å². The lowest BCUT2D eigenvalue weighted by atomic mass is 10.2. The van der Waals surface area contributed by atoms with Gasteiger partial charge in [0.2, 0.25) is 5.91 Å². The average Bonchev–Trinajstić information content (AvgIpc) is 2.77. The zero-order valence-corrected chi connectivity index (χ0v) is 8.76. The summed E-state index contributed by atoms with van der Waals surface area (Å²) in [6.45, 7) is 6.82. The molecular weight excluding hydrogens is 164 g/mol. The van der Waals surface area contributed by atoms with Crippen molar-refractivity contribution < 1.29 is 4.79 Å². The molecule has 1 rings (SSSR count). The first-order chi connectivity index (χ1) is 6.13. The van der Waals surface area contributed by atoms with Crippen LogP contribution in [0.2, 0.25) is 0 Å². The van der Waals surface area contributed by atoms with Gasteiger partial charge in [0, 0.05) is 12.1 Å². The zero-order chi connectivity index (χ0) is 9.84. The number of amides is 1. The van der Waals surface area contributed by atoms with Gasteiger partial charge >= 0.3 is 0 Å². The van der Waals surface area contributed by atoms with Gasteiger partial charge in [0.15, 0.2) is 0 Å². The third-order valence-corrected chi connectivity index (χ3v) is 2.68. The van der Waals surface area contributed by atoms with E-state index in [4.69, 9.17) is 0 Å². The predicted molar refractivity (Wildman–Crippen MR) is 53.5 cm³/mol. The van der Waals surface area contributed by atoms with Crippen molar-refractivity contribution in [3.63, 3.8) is 0 Å². The van der Waals surface area contributed by atoms with Crippen LogP contribution >= 0.6 is 0 Å². The third kappa shape index (κ3) is 3.77. The summed E-state index contributed by atoms with van der Waals surface area (Å²) in [5.74, 6) is 0.821. The van der Waals surface area contributed by atoms with Crippen LogP contribution in [0.1, 0.15) is 33.6 Å². The fourth-order valence-corrected chi connectivity index (χ4v) is 1.19. The molecule has 0 aromatic rings. The maximum absolute atomic E-state index is 11.3. The van der Waals surface area contributed by atoms with Crippen molar-refractivity contribution in [3.05, 3.63) is 0 Å².